The van der Waals surface area contributed by atoms with Gasteiger partial charge in [-0.1, -0.05) is 0 Å². The third-order valence-electron chi connectivity index (χ3n) is 3.45. The van der Waals surface area contributed by atoms with E-state index in [9.17, 15) is 4.79 Å². The van der Waals surface area contributed by atoms with E-state index < -0.39 is 5.97 Å². The van der Waals surface area contributed by atoms with E-state index in [1.165, 1.54) is 19.3 Å². The summed E-state index contributed by atoms with van der Waals surface area (Å²) in [6.07, 6.45) is 8.18. The molecular weight excluding hydrogens is 228 g/mol. The van der Waals surface area contributed by atoms with E-state index in [2.05, 4.69) is 16.9 Å². The lowest BCUT2D eigenvalue weighted by Gasteiger charge is -2.36. The van der Waals surface area contributed by atoms with E-state index in [-0.39, 0.29) is 0 Å². The highest BCUT2D eigenvalue weighted by atomic mass is 16.4. The van der Waals surface area contributed by atoms with Gasteiger partial charge in [-0.25, -0.2) is 9.78 Å². The Morgan fingerprint density at radius 3 is 2.78 bits per heavy atom. The zero-order chi connectivity index (χ0) is 13.1. The highest BCUT2D eigenvalue weighted by Crippen LogP contribution is 2.29. The number of aryl methyl sites for hydroxylation is 1. The number of pyridine rings is 1. The molecule has 1 saturated carbocycles. The van der Waals surface area contributed by atoms with Gasteiger partial charge in [0.25, 0.3) is 0 Å². The number of anilines is 1. The quantitative estimate of drug-likeness (QED) is 0.829. The molecule has 1 aliphatic carbocycles. The number of carbonyl (C=O) groups is 1. The fourth-order valence-electron chi connectivity index (χ4n) is 2.16. The Kier molecular flexibility index (Phi) is 3.65. The average molecular weight is 246 g/mol. The molecule has 2 rings (SSSR count). The second-order valence-electron chi connectivity index (χ2n) is 4.78. The molecule has 1 N–H and O–H groups in total. The van der Waals surface area contributed by atoms with Crippen molar-refractivity contribution >= 4 is 17.9 Å². The number of aliphatic carboxylic acids is 1. The number of carboxylic acid groups (broad SMARTS) is 1. The van der Waals surface area contributed by atoms with Gasteiger partial charge in [0.1, 0.15) is 5.82 Å². The molecule has 1 aromatic rings. The predicted octanol–water partition coefficient (Wildman–Crippen LogP) is 2.48. The molecule has 1 fully saturated rings. The van der Waals surface area contributed by atoms with Crippen LogP contribution in [-0.2, 0) is 4.79 Å². The van der Waals surface area contributed by atoms with Gasteiger partial charge < -0.3 is 10.0 Å². The van der Waals surface area contributed by atoms with Crippen LogP contribution in [0.2, 0.25) is 0 Å². The highest BCUT2D eigenvalue weighted by molar-refractivity contribution is 5.85. The Labute approximate surface area is 107 Å². The summed E-state index contributed by atoms with van der Waals surface area (Å²) in [4.78, 5) is 17.1. The summed E-state index contributed by atoms with van der Waals surface area (Å²) in [7, 11) is 2.08. The number of nitrogens with zero attached hydrogens (tertiary/aromatic N) is 2. The molecule has 0 unspecified atom stereocenters. The van der Waals surface area contributed by atoms with Crippen molar-refractivity contribution in [1.29, 1.82) is 0 Å². The predicted molar refractivity (Wildman–Crippen MR) is 71.7 cm³/mol. The molecular formula is C14H18N2O2. The molecule has 1 aromatic heterocycles. The zero-order valence-corrected chi connectivity index (χ0v) is 10.8. The van der Waals surface area contributed by atoms with Crippen molar-refractivity contribution < 1.29 is 9.90 Å². The standard InChI is InChI=1S/C14H18N2O2/c1-10-8-11(6-7-13(17)18)9-15-14(10)16(2)12-4-3-5-12/h6-9,12H,3-5H2,1-2H3,(H,17,18)/b7-6+. The largest absolute Gasteiger partial charge is 0.478 e. The van der Waals surface area contributed by atoms with Gasteiger partial charge in [0.15, 0.2) is 0 Å². The number of carboxylic acids is 1. The third-order valence-corrected chi connectivity index (χ3v) is 3.45. The lowest BCUT2D eigenvalue weighted by atomic mass is 9.91. The van der Waals surface area contributed by atoms with E-state index in [1.807, 2.05) is 13.0 Å². The fourth-order valence-corrected chi connectivity index (χ4v) is 2.16. The molecule has 0 bridgehead atoms. The van der Waals surface area contributed by atoms with E-state index in [0.717, 1.165) is 23.0 Å². The van der Waals surface area contributed by atoms with Gasteiger partial charge in [-0.2, -0.15) is 0 Å². The van der Waals surface area contributed by atoms with Crippen LogP contribution in [0.3, 0.4) is 0 Å². The number of hydrogen-bond acceptors (Lipinski definition) is 3. The van der Waals surface area contributed by atoms with Crippen molar-refractivity contribution in [3.05, 3.63) is 29.5 Å². The maximum absolute atomic E-state index is 10.5. The average Bonchev–Trinajstić information content (AvgIpc) is 2.23. The fraction of sp³-hybridized carbons (Fsp3) is 0.429. The molecule has 0 atom stereocenters. The van der Waals surface area contributed by atoms with Crippen molar-refractivity contribution in [1.82, 2.24) is 4.98 Å². The van der Waals surface area contributed by atoms with Gasteiger partial charge in [-0.15, -0.1) is 0 Å². The van der Waals surface area contributed by atoms with E-state index in [1.54, 1.807) is 12.3 Å². The molecule has 18 heavy (non-hydrogen) atoms. The lowest BCUT2D eigenvalue weighted by Crippen LogP contribution is -2.38. The minimum absolute atomic E-state index is 0.608. The van der Waals surface area contributed by atoms with Gasteiger partial charge in [0, 0.05) is 25.4 Å². The summed E-state index contributed by atoms with van der Waals surface area (Å²) in [5.74, 6) is 0.0514. The van der Waals surface area contributed by atoms with Gasteiger partial charge >= 0.3 is 5.97 Å². The summed E-state index contributed by atoms with van der Waals surface area (Å²) < 4.78 is 0. The van der Waals surface area contributed by atoms with Gasteiger partial charge in [0.05, 0.1) is 0 Å². The van der Waals surface area contributed by atoms with E-state index >= 15 is 0 Å². The highest BCUT2D eigenvalue weighted by Gasteiger charge is 2.23. The van der Waals surface area contributed by atoms with Crippen LogP contribution < -0.4 is 4.90 Å². The van der Waals surface area contributed by atoms with Crippen LogP contribution in [0, 0.1) is 6.92 Å². The molecule has 0 saturated heterocycles. The Morgan fingerprint density at radius 1 is 1.56 bits per heavy atom. The molecule has 1 aliphatic rings. The van der Waals surface area contributed by atoms with Crippen molar-refractivity contribution in [2.45, 2.75) is 32.2 Å². The summed E-state index contributed by atoms with van der Waals surface area (Å²) in [6, 6.07) is 2.58. The van der Waals surface area contributed by atoms with Crippen LogP contribution in [-0.4, -0.2) is 29.1 Å². The number of rotatable bonds is 4. The van der Waals surface area contributed by atoms with Crippen LogP contribution in [0.1, 0.15) is 30.4 Å². The Morgan fingerprint density at radius 2 is 2.28 bits per heavy atom. The topological polar surface area (TPSA) is 53.4 Å². The molecule has 0 aliphatic heterocycles. The summed E-state index contributed by atoms with van der Waals surface area (Å²) >= 11 is 0. The molecule has 0 spiro atoms. The molecule has 0 aromatic carbocycles. The first-order chi connectivity index (χ1) is 8.58. The summed E-state index contributed by atoms with van der Waals surface area (Å²) in [5.41, 5.74) is 1.90. The molecule has 0 amide bonds. The van der Waals surface area contributed by atoms with Crippen LogP contribution >= 0.6 is 0 Å². The maximum atomic E-state index is 10.5. The van der Waals surface area contributed by atoms with Crippen molar-refractivity contribution in [2.24, 2.45) is 0 Å². The van der Waals surface area contributed by atoms with Crippen molar-refractivity contribution in [3.63, 3.8) is 0 Å². The van der Waals surface area contributed by atoms with Gasteiger partial charge in [-0.3, -0.25) is 0 Å². The Balaban J connectivity index is 2.16. The minimum Gasteiger partial charge on any atom is -0.478 e. The second kappa shape index (κ2) is 5.21. The SMILES string of the molecule is Cc1cc(/C=C/C(=O)O)cnc1N(C)C1CCC1. The van der Waals surface area contributed by atoms with Gasteiger partial charge in [-0.05, 0) is 49.5 Å². The summed E-state index contributed by atoms with van der Waals surface area (Å²) in [5, 5.41) is 8.58. The second-order valence-corrected chi connectivity index (χ2v) is 4.78. The number of aromatic nitrogens is 1. The molecule has 4 heteroatoms. The Hall–Kier alpha value is -1.84. The lowest BCUT2D eigenvalue weighted by molar-refractivity contribution is -0.131. The van der Waals surface area contributed by atoms with Crippen LogP contribution in [0.5, 0.6) is 0 Å². The first kappa shape index (κ1) is 12.6. The first-order valence-electron chi connectivity index (χ1n) is 6.18. The van der Waals surface area contributed by atoms with Crippen LogP contribution in [0.15, 0.2) is 18.3 Å². The smallest absolute Gasteiger partial charge is 0.328 e. The van der Waals surface area contributed by atoms with Crippen LogP contribution in [0.4, 0.5) is 5.82 Å². The molecule has 4 nitrogen and oxygen atoms in total. The normalized spacial score (nSPS) is 15.7. The Bertz CT molecular complexity index is 479. The first-order valence-corrected chi connectivity index (χ1v) is 6.18. The summed E-state index contributed by atoms with van der Waals surface area (Å²) in [6.45, 7) is 2.01. The molecule has 96 valence electrons. The minimum atomic E-state index is -0.941. The monoisotopic (exact) mass is 246 g/mol. The molecule has 1 heterocycles. The van der Waals surface area contributed by atoms with E-state index in [0.29, 0.717) is 6.04 Å². The van der Waals surface area contributed by atoms with Crippen LogP contribution in [0.25, 0.3) is 6.08 Å². The zero-order valence-electron chi connectivity index (χ0n) is 10.8. The third kappa shape index (κ3) is 2.70. The molecule has 0 radical (unpaired) electrons. The van der Waals surface area contributed by atoms with E-state index in [4.69, 9.17) is 5.11 Å². The number of hydrogen-bond donors (Lipinski definition) is 1. The maximum Gasteiger partial charge on any atom is 0.328 e. The van der Waals surface area contributed by atoms with Crippen molar-refractivity contribution in [3.8, 4) is 0 Å². The van der Waals surface area contributed by atoms with Gasteiger partial charge in [0.2, 0.25) is 0 Å². The van der Waals surface area contributed by atoms with Crippen molar-refractivity contribution in [2.75, 3.05) is 11.9 Å².